The number of fused-ring (bicyclic) bond motifs is 2. The zero-order valence-electron chi connectivity index (χ0n) is 15.7. The number of nitrogens with one attached hydrogen (secondary N) is 1. The van der Waals surface area contributed by atoms with Crippen molar-refractivity contribution in [3.8, 4) is 5.69 Å². The molecule has 2 aromatic carbocycles. The van der Waals surface area contributed by atoms with Crippen LogP contribution >= 0.6 is 46.0 Å². The van der Waals surface area contributed by atoms with Gasteiger partial charge in [0, 0.05) is 5.02 Å². The Hall–Kier alpha value is -2.72. The molecular weight excluding hydrogens is 472 g/mol. The molecule has 5 rings (SSSR count). The summed E-state index contributed by atoms with van der Waals surface area (Å²) in [6.07, 6.45) is 0. The first-order valence-corrected chi connectivity index (χ1v) is 12.2. The smallest absolute Gasteiger partial charge is 0.276 e. The number of amides is 1. The average Bonchev–Trinajstić information content (AvgIpc) is 3.39. The third kappa shape index (κ3) is 4.09. The van der Waals surface area contributed by atoms with E-state index in [-0.39, 0.29) is 17.2 Å². The number of thiazole rings is 1. The largest absolute Gasteiger partial charge is 0.301 e. The van der Waals surface area contributed by atoms with Crippen molar-refractivity contribution in [1.82, 2.24) is 14.5 Å². The van der Waals surface area contributed by atoms with E-state index in [0.717, 1.165) is 10.2 Å². The van der Waals surface area contributed by atoms with Crippen LogP contribution in [0.3, 0.4) is 0 Å². The average molecular weight is 485 g/mol. The topological polar surface area (TPSA) is 76.9 Å². The molecule has 0 aliphatic carbocycles. The quantitative estimate of drug-likeness (QED) is 0.265. The molecule has 1 N–H and O–H groups in total. The molecule has 0 atom stereocenters. The Balaban J connectivity index is 1.42. The number of halogens is 1. The highest BCUT2D eigenvalue weighted by atomic mass is 35.5. The summed E-state index contributed by atoms with van der Waals surface area (Å²) in [5.74, 6) is -0.127. The Morgan fingerprint density at radius 1 is 1.06 bits per heavy atom. The lowest BCUT2D eigenvalue weighted by Crippen LogP contribution is -2.22. The van der Waals surface area contributed by atoms with Gasteiger partial charge in [0.15, 0.2) is 10.3 Å². The van der Waals surface area contributed by atoms with Gasteiger partial charge < -0.3 is 5.32 Å². The number of rotatable bonds is 5. The number of para-hydroxylation sites is 1. The van der Waals surface area contributed by atoms with E-state index < -0.39 is 0 Å². The Kier molecular flexibility index (Phi) is 5.49. The van der Waals surface area contributed by atoms with E-state index in [1.54, 1.807) is 30.3 Å². The van der Waals surface area contributed by atoms with E-state index in [1.807, 2.05) is 29.6 Å². The van der Waals surface area contributed by atoms with Gasteiger partial charge in [0.25, 0.3) is 5.56 Å². The first-order chi connectivity index (χ1) is 15.1. The van der Waals surface area contributed by atoms with Crippen LogP contribution in [0.15, 0.2) is 69.9 Å². The third-order valence-electron chi connectivity index (χ3n) is 4.41. The predicted octanol–water partition coefficient (Wildman–Crippen LogP) is 5.44. The van der Waals surface area contributed by atoms with Crippen LogP contribution in [0.2, 0.25) is 5.02 Å². The van der Waals surface area contributed by atoms with Gasteiger partial charge in [-0.3, -0.25) is 14.2 Å². The highest BCUT2D eigenvalue weighted by Crippen LogP contribution is 2.27. The van der Waals surface area contributed by atoms with E-state index >= 15 is 0 Å². The second-order valence-electron chi connectivity index (χ2n) is 6.47. The maximum absolute atomic E-state index is 13.1. The van der Waals surface area contributed by atoms with Gasteiger partial charge in [0.1, 0.15) is 4.70 Å². The Bertz CT molecular complexity index is 1440. The number of nitrogens with zero attached hydrogens (tertiary/aromatic N) is 3. The number of carbonyl (C=O) groups is 1. The van der Waals surface area contributed by atoms with Crippen molar-refractivity contribution in [3.05, 3.63) is 75.4 Å². The summed E-state index contributed by atoms with van der Waals surface area (Å²) in [6, 6.07) is 16.5. The van der Waals surface area contributed by atoms with Gasteiger partial charge in [-0.25, -0.2) is 9.97 Å². The Morgan fingerprint density at radius 2 is 1.87 bits per heavy atom. The minimum Gasteiger partial charge on any atom is -0.301 e. The molecule has 0 spiro atoms. The number of thioether (sulfide) groups is 1. The number of thiophene rings is 1. The molecule has 154 valence electrons. The fraction of sp³-hybridized carbons (Fsp3) is 0.0476. The lowest BCUT2D eigenvalue weighted by atomic mass is 10.3. The van der Waals surface area contributed by atoms with Crippen molar-refractivity contribution in [3.63, 3.8) is 0 Å². The summed E-state index contributed by atoms with van der Waals surface area (Å²) in [5, 5.41) is 6.23. The summed E-state index contributed by atoms with van der Waals surface area (Å²) in [5.41, 5.74) is 1.94. The van der Waals surface area contributed by atoms with Crippen molar-refractivity contribution < 1.29 is 4.79 Å². The van der Waals surface area contributed by atoms with Crippen molar-refractivity contribution in [2.75, 3.05) is 11.1 Å². The monoisotopic (exact) mass is 484 g/mol. The zero-order valence-corrected chi connectivity index (χ0v) is 18.9. The highest BCUT2D eigenvalue weighted by Gasteiger charge is 2.16. The summed E-state index contributed by atoms with van der Waals surface area (Å²) in [7, 11) is 0. The molecule has 1 amide bonds. The number of aromatic nitrogens is 3. The molecular formula is C21H13ClN4O2S3. The number of benzene rings is 2. The number of carbonyl (C=O) groups excluding carboxylic acids is 1. The van der Waals surface area contributed by atoms with Gasteiger partial charge in [-0.1, -0.05) is 46.8 Å². The first kappa shape index (κ1) is 20.2. The lowest BCUT2D eigenvalue weighted by molar-refractivity contribution is -0.113. The van der Waals surface area contributed by atoms with Crippen LogP contribution in [-0.2, 0) is 4.79 Å². The van der Waals surface area contributed by atoms with E-state index in [0.29, 0.717) is 31.2 Å². The minimum atomic E-state index is -0.216. The van der Waals surface area contributed by atoms with Crippen molar-refractivity contribution in [1.29, 1.82) is 0 Å². The molecule has 5 aromatic rings. The normalized spacial score (nSPS) is 11.3. The Labute approximate surface area is 193 Å². The van der Waals surface area contributed by atoms with Gasteiger partial charge in [-0.05, 0) is 47.8 Å². The molecule has 0 bridgehead atoms. The zero-order chi connectivity index (χ0) is 21.4. The first-order valence-electron chi connectivity index (χ1n) is 9.13. The SMILES string of the molecule is O=C(CSc1nc2ccsc2c(=O)n1-c1ccc(Cl)cc1)Nc1nc2ccccc2s1. The second-order valence-corrected chi connectivity index (χ2v) is 9.80. The van der Waals surface area contributed by atoms with Crippen LogP contribution in [0.25, 0.3) is 26.1 Å². The van der Waals surface area contributed by atoms with Crippen molar-refractivity contribution >= 4 is 77.5 Å². The van der Waals surface area contributed by atoms with E-state index in [2.05, 4.69) is 15.3 Å². The summed E-state index contributed by atoms with van der Waals surface area (Å²) in [6.45, 7) is 0. The van der Waals surface area contributed by atoms with Crippen molar-refractivity contribution in [2.24, 2.45) is 0 Å². The molecule has 0 saturated carbocycles. The van der Waals surface area contributed by atoms with E-state index in [9.17, 15) is 9.59 Å². The van der Waals surface area contributed by atoms with Crippen LogP contribution < -0.4 is 10.9 Å². The molecule has 3 aromatic heterocycles. The molecule has 0 saturated heterocycles. The van der Waals surface area contributed by atoms with Crippen LogP contribution in [0.1, 0.15) is 0 Å². The predicted molar refractivity (Wildman–Crippen MR) is 129 cm³/mol. The number of hydrogen-bond donors (Lipinski definition) is 1. The highest BCUT2D eigenvalue weighted by molar-refractivity contribution is 7.99. The minimum absolute atomic E-state index is 0.0889. The second kappa shape index (κ2) is 8.43. The van der Waals surface area contributed by atoms with Gasteiger partial charge in [-0.15, -0.1) is 11.3 Å². The summed E-state index contributed by atoms with van der Waals surface area (Å²) in [4.78, 5) is 34.7. The molecule has 0 aliphatic heterocycles. The van der Waals surface area contributed by atoms with Crippen LogP contribution in [0, 0.1) is 0 Å². The fourth-order valence-electron chi connectivity index (χ4n) is 3.02. The summed E-state index contributed by atoms with van der Waals surface area (Å²) >= 11 is 9.97. The lowest BCUT2D eigenvalue weighted by Gasteiger charge is -2.12. The molecule has 0 fully saturated rings. The van der Waals surface area contributed by atoms with Gasteiger partial charge >= 0.3 is 0 Å². The third-order valence-corrected chi connectivity index (χ3v) is 7.44. The molecule has 31 heavy (non-hydrogen) atoms. The Morgan fingerprint density at radius 3 is 2.68 bits per heavy atom. The van der Waals surface area contributed by atoms with E-state index in [4.69, 9.17) is 11.6 Å². The molecule has 10 heteroatoms. The van der Waals surface area contributed by atoms with E-state index in [1.165, 1.54) is 39.0 Å². The number of anilines is 1. The number of hydrogen-bond acceptors (Lipinski definition) is 7. The molecule has 0 aliphatic rings. The maximum Gasteiger partial charge on any atom is 0.276 e. The molecule has 6 nitrogen and oxygen atoms in total. The molecule has 0 radical (unpaired) electrons. The van der Waals surface area contributed by atoms with Crippen LogP contribution in [0.5, 0.6) is 0 Å². The van der Waals surface area contributed by atoms with Gasteiger partial charge in [-0.2, -0.15) is 0 Å². The van der Waals surface area contributed by atoms with Gasteiger partial charge in [0.05, 0.1) is 27.2 Å². The standard InChI is InChI=1S/C21H13ClN4O2S3/c22-12-5-7-13(8-6-12)26-19(28)18-15(9-10-29-18)24-21(26)30-11-17(27)25-20-23-14-3-1-2-4-16(14)31-20/h1-10H,11H2,(H,23,25,27). The molecule has 0 unspecified atom stereocenters. The van der Waals surface area contributed by atoms with Crippen molar-refractivity contribution in [2.45, 2.75) is 5.16 Å². The molecule has 3 heterocycles. The van der Waals surface area contributed by atoms with Crippen LogP contribution in [0.4, 0.5) is 5.13 Å². The summed E-state index contributed by atoms with van der Waals surface area (Å²) < 4.78 is 3.09. The maximum atomic E-state index is 13.1. The van der Waals surface area contributed by atoms with Gasteiger partial charge in [0.2, 0.25) is 5.91 Å². The fourth-order valence-corrected chi connectivity index (χ4v) is 5.60. The van der Waals surface area contributed by atoms with Crippen LogP contribution in [-0.4, -0.2) is 26.2 Å².